The van der Waals surface area contributed by atoms with E-state index in [9.17, 15) is 19.8 Å². The highest BCUT2D eigenvalue weighted by Crippen LogP contribution is 2.18. The van der Waals surface area contributed by atoms with Crippen LogP contribution in [0.4, 0.5) is 0 Å². The number of nitrogens with one attached hydrogen (secondary N) is 1. The lowest BCUT2D eigenvalue weighted by Gasteiger charge is -2.24. The van der Waals surface area contributed by atoms with Gasteiger partial charge in [0.05, 0.1) is 25.2 Å². The lowest BCUT2D eigenvalue weighted by atomic mass is 10.0. The molecule has 0 radical (unpaired) electrons. The van der Waals surface area contributed by atoms with E-state index in [1.165, 1.54) is 89.9 Å². The summed E-state index contributed by atoms with van der Waals surface area (Å²) < 4.78 is 5.91. The van der Waals surface area contributed by atoms with Crippen molar-refractivity contribution in [3.8, 4) is 0 Å². The Morgan fingerprint density at radius 2 is 0.818 bits per heavy atom. The van der Waals surface area contributed by atoms with Gasteiger partial charge in [0.1, 0.15) is 6.10 Å². The quantitative estimate of drug-likeness (QED) is 0.0321. The smallest absolute Gasteiger partial charge is 0.306 e. The molecule has 0 aromatic heterocycles. The number of carbonyl (C=O) groups is 2. The number of allylic oxidation sites excluding steroid dienone is 18. The molecule has 0 saturated carbocycles. The molecule has 0 aliphatic heterocycles. The molecule has 0 aliphatic carbocycles. The Labute approximate surface area is 407 Å². The number of rotatable bonds is 47. The molecule has 0 heterocycles. The second-order valence-corrected chi connectivity index (χ2v) is 18.1. The topological polar surface area (TPSA) is 95.9 Å². The lowest BCUT2D eigenvalue weighted by Crippen LogP contribution is -2.46. The first-order valence-corrected chi connectivity index (χ1v) is 27.2. The van der Waals surface area contributed by atoms with Gasteiger partial charge in [0.2, 0.25) is 5.91 Å². The molecule has 0 bridgehead atoms. The molecule has 0 rings (SSSR count). The molecule has 0 fully saturated rings. The fraction of sp³-hybridized carbons (Fsp3) is 0.667. The molecule has 3 atom stereocenters. The van der Waals surface area contributed by atoms with Crippen LogP contribution < -0.4 is 5.32 Å². The molecule has 0 aromatic carbocycles. The van der Waals surface area contributed by atoms with Crippen LogP contribution in [0, 0.1) is 0 Å². The predicted octanol–water partition coefficient (Wildman–Crippen LogP) is 16.7. The Bertz CT molecular complexity index is 1350. The number of aliphatic hydroxyl groups is 2. The van der Waals surface area contributed by atoms with Crippen LogP contribution in [0.25, 0.3) is 0 Å². The molecule has 6 nitrogen and oxygen atoms in total. The minimum atomic E-state index is -0.809. The molecular weight excluding hydrogens is 815 g/mol. The Morgan fingerprint density at radius 1 is 0.455 bits per heavy atom. The maximum absolute atomic E-state index is 13.2. The lowest BCUT2D eigenvalue weighted by molar-refractivity contribution is -0.151. The zero-order valence-electron chi connectivity index (χ0n) is 42.8. The highest BCUT2D eigenvalue weighted by atomic mass is 16.5. The van der Waals surface area contributed by atoms with Crippen LogP contribution in [0.5, 0.6) is 0 Å². The summed E-state index contributed by atoms with van der Waals surface area (Å²) in [5, 5.41) is 23.8. The molecule has 0 aromatic rings. The number of carbonyl (C=O) groups excluding carboxylic acids is 2. The monoisotopic (exact) mass is 916 g/mol. The molecular formula is C60H101NO5. The van der Waals surface area contributed by atoms with E-state index in [-0.39, 0.29) is 24.9 Å². The number of hydrogen-bond acceptors (Lipinski definition) is 5. The van der Waals surface area contributed by atoms with Gasteiger partial charge in [-0.3, -0.25) is 9.59 Å². The molecule has 6 heteroatoms. The zero-order valence-corrected chi connectivity index (χ0v) is 42.8. The Morgan fingerprint density at radius 3 is 1.24 bits per heavy atom. The maximum Gasteiger partial charge on any atom is 0.306 e. The summed E-state index contributed by atoms with van der Waals surface area (Å²) in [6.07, 6.45) is 71.5. The summed E-state index contributed by atoms with van der Waals surface area (Å²) in [6.45, 7) is 6.20. The summed E-state index contributed by atoms with van der Waals surface area (Å²) >= 11 is 0. The standard InChI is InChI=1S/C60H101NO5/c1-4-7-10-13-16-19-22-25-27-29-31-34-37-40-43-46-49-52-58(63)57(55-62)61-59(64)54-56(51-48-45-42-39-36-33-24-21-18-15-12-9-6-3)66-60(65)53-50-47-44-41-38-35-32-30-28-26-23-20-17-14-11-8-5-2/h8-9,11-12,14-15,17-18,20-21,23-24,26,28,30,32,35,38,56-58,62-63H,4-7,10,13,16,19,22,25,27,29,31,33-34,36-37,39-55H2,1-3H3,(H,61,64)/b11-8-,12-9+,17-14+,18-15+,23-20+,24-21+,28-26-,32-30+,38-35+. The van der Waals surface area contributed by atoms with Gasteiger partial charge in [0.25, 0.3) is 0 Å². The third-order valence-electron chi connectivity index (χ3n) is 11.8. The van der Waals surface area contributed by atoms with Gasteiger partial charge >= 0.3 is 5.97 Å². The van der Waals surface area contributed by atoms with Crippen LogP contribution in [0.3, 0.4) is 0 Å². The van der Waals surface area contributed by atoms with E-state index in [1.807, 2.05) is 54.7 Å². The summed E-state index contributed by atoms with van der Waals surface area (Å²) in [5.41, 5.74) is 0. The Balaban J connectivity index is 4.65. The molecule has 0 spiro atoms. The highest BCUT2D eigenvalue weighted by molar-refractivity contribution is 5.77. The summed E-state index contributed by atoms with van der Waals surface area (Å²) in [5.74, 6) is -0.552. The summed E-state index contributed by atoms with van der Waals surface area (Å²) in [6, 6.07) is -0.726. The van der Waals surface area contributed by atoms with Crippen molar-refractivity contribution in [1.82, 2.24) is 5.32 Å². The van der Waals surface area contributed by atoms with Gasteiger partial charge in [-0.2, -0.15) is 0 Å². The van der Waals surface area contributed by atoms with E-state index in [4.69, 9.17) is 4.74 Å². The maximum atomic E-state index is 13.2. The predicted molar refractivity (Wildman–Crippen MR) is 287 cm³/mol. The van der Waals surface area contributed by atoms with E-state index < -0.39 is 18.2 Å². The van der Waals surface area contributed by atoms with Gasteiger partial charge in [-0.05, 0) is 64.2 Å². The van der Waals surface area contributed by atoms with Gasteiger partial charge in [-0.25, -0.2) is 0 Å². The fourth-order valence-electron chi connectivity index (χ4n) is 7.76. The second kappa shape index (κ2) is 52.5. The molecule has 0 saturated heterocycles. The van der Waals surface area contributed by atoms with Crippen molar-refractivity contribution in [2.45, 2.75) is 251 Å². The molecule has 376 valence electrons. The number of ether oxygens (including phenoxy) is 1. The zero-order chi connectivity index (χ0) is 48.1. The molecule has 0 aliphatic rings. The van der Waals surface area contributed by atoms with E-state index >= 15 is 0 Å². The van der Waals surface area contributed by atoms with E-state index in [1.54, 1.807) is 0 Å². The van der Waals surface area contributed by atoms with Crippen molar-refractivity contribution in [2.24, 2.45) is 0 Å². The van der Waals surface area contributed by atoms with E-state index in [2.05, 4.69) is 80.8 Å². The number of esters is 1. The van der Waals surface area contributed by atoms with Crippen molar-refractivity contribution >= 4 is 11.9 Å². The van der Waals surface area contributed by atoms with Crippen molar-refractivity contribution < 1.29 is 24.5 Å². The first-order valence-electron chi connectivity index (χ1n) is 27.2. The van der Waals surface area contributed by atoms with Crippen LogP contribution in [0.2, 0.25) is 0 Å². The molecule has 66 heavy (non-hydrogen) atoms. The van der Waals surface area contributed by atoms with E-state index in [0.29, 0.717) is 19.3 Å². The highest BCUT2D eigenvalue weighted by Gasteiger charge is 2.24. The van der Waals surface area contributed by atoms with Crippen molar-refractivity contribution in [3.63, 3.8) is 0 Å². The number of hydrogen-bond donors (Lipinski definition) is 3. The fourth-order valence-corrected chi connectivity index (χ4v) is 7.76. The van der Waals surface area contributed by atoms with Crippen LogP contribution in [-0.2, 0) is 14.3 Å². The van der Waals surface area contributed by atoms with Gasteiger partial charge < -0.3 is 20.3 Å². The van der Waals surface area contributed by atoms with Gasteiger partial charge in [0, 0.05) is 6.42 Å². The van der Waals surface area contributed by atoms with Crippen molar-refractivity contribution in [2.75, 3.05) is 6.61 Å². The van der Waals surface area contributed by atoms with Gasteiger partial charge in [-0.1, -0.05) is 265 Å². The first kappa shape index (κ1) is 62.5. The summed E-state index contributed by atoms with van der Waals surface area (Å²) in [7, 11) is 0. The van der Waals surface area contributed by atoms with Crippen molar-refractivity contribution in [3.05, 3.63) is 109 Å². The number of amides is 1. The van der Waals surface area contributed by atoms with Gasteiger partial charge in [-0.15, -0.1) is 0 Å². The number of aliphatic hydroxyl groups excluding tert-OH is 2. The van der Waals surface area contributed by atoms with Crippen molar-refractivity contribution in [1.29, 1.82) is 0 Å². The van der Waals surface area contributed by atoms with Crippen LogP contribution in [0.1, 0.15) is 233 Å². The minimum Gasteiger partial charge on any atom is -0.462 e. The Kier molecular flexibility index (Phi) is 49.7. The first-order chi connectivity index (χ1) is 32.5. The summed E-state index contributed by atoms with van der Waals surface area (Å²) in [4.78, 5) is 26.2. The molecule has 3 N–H and O–H groups in total. The largest absolute Gasteiger partial charge is 0.462 e. The SMILES string of the molecule is CC\C=C/C=C/C=C/C=C\C=C\C=C\CCCCCC(=O)OC(CCCCCCC/C=C/C=C/C=C/CC)CC(=O)NC(CO)C(O)CCCCCCCCCCCCCCCCCCC. The molecule has 1 amide bonds. The van der Waals surface area contributed by atoms with Crippen LogP contribution >= 0.6 is 0 Å². The molecule has 3 unspecified atom stereocenters. The second-order valence-electron chi connectivity index (χ2n) is 18.1. The average Bonchev–Trinajstić information content (AvgIpc) is 3.31. The minimum absolute atomic E-state index is 0.0390. The van der Waals surface area contributed by atoms with Crippen LogP contribution in [0.15, 0.2) is 109 Å². The number of unbranched alkanes of at least 4 members (excludes halogenated alkanes) is 24. The van der Waals surface area contributed by atoms with Crippen LogP contribution in [-0.4, -0.2) is 46.9 Å². The Hall–Kier alpha value is -3.48. The third-order valence-corrected chi connectivity index (χ3v) is 11.8. The average molecular weight is 916 g/mol. The normalized spacial score (nSPS) is 14.1. The van der Waals surface area contributed by atoms with Gasteiger partial charge in [0.15, 0.2) is 0 Å². The third kappa shape index (κ3) is 47.0. The van der Waals surface area contributed by atoms with E-state index in [0.717, 1.165) is 96.3 Å².